The predicted molar refractivity (Wildman–Crippen MR) is 73.1 cm³/mol. The van der Waals surface area contributed by atoms with E-state index in [2.05, 4.69) is 29.5 Å². The molecule has 19 heavy (non-hydrogen) atoms. The number of carbonyl (C=O) groups excluding carboxylic acids is 1. The summed E-state index contributed by atoms with van der Waals surface area (Å²) in [5.74, 6) is -0.978. The van der Waals surface area contributed by atoms with Crippen molar-refractivity contribution < 1.29 is 14.7 Å². The molecule has 1 heterocycles. The molecule has 1 rings (SSSR count). The first kappa shape index (κ1) is 15.8. The molecule has 1 saturated heterocycles. The van der Waals surface area contributed by atoms with Gasteiger partial charge in [0.15, 0.2) is 0 Å². The van der Waals surface area contributed by atoms with Crippen molar-refractivity contribution in [2.45, 2.75) is 57.7 Å². The zero-order valence-electron chi connectivity index (χ0n) is 12.0. The normalized spacial score (nSPS) is 25.6. The molecule has 0 spiro atoms. The molecule has 0 radical (unpaired) electrons. The van der Waals surface area contributed by atoms with E-state index in [1.807, 2.05) is 6.92 Å². The van der Waals surface area contributed by atoms with Crippen LogP contribution in [0.1, 0.15) is 39.5 Å². The smallest absolute Gasteiger partial charge is 0.326 e. The van der Waals surface area contributed by atoms with Crippen LogP contribution in [0.15, 0.2) is 0 Å². The van der Waals surface area contributed by atoms with Crippen molar-refractivity contribution in [1.29, 1.82) is 0 Å². The van der Waals surface area contributed by atoms with Crippen molar-refractivity contribution in [1.82, 2.24) is 15.5 Å². The molecule has 2 unspecified atom stereocenters. The van der Waals surface area contributed by atoms with Gasteiger partial charge in [-0.25, -0.2) is 9.59 Å². The van der Waals surface area contributed by atoms with Gasteiger partial charge in [-0.3, -0.25) is 0 Å². The van der Waals surface area contributed by atoms with E-state index in [1.165, 1.54) is 0 Å². The molecule has 0 aromatic rings. The van der Waals surface area contributed by atoms with Crippen LogP contribution in [0.3, 0.4) is 0 Å². The van der Waals surface area contributed by atoms with Gasteiger partial charge in [-0.1, -0.05) is 13.3 Å². The van der Waals surface area contributed by atoms with Crippen LogP contribution in [0.2, 0.25) is 0 Å². The summed E-state index contributed by atoms with van der Waals surface area (Å²) in [5, 5.41) is 14.4. The highest BCUT2D eigenvalue weighted by Gasteiger charge is 2.25. The van der Waals surface area contributed by atoms with E-state index in [0.717, 1.165) is 25.8 Å². The highest BCUT2D eigenvalue weighted by atomic mass is 16.4. The predicted octanol–water partition coefficient (Wildman–Crippen LogP) is 1.02. The standard InChI is InChI=1S/C13H25N3O3/c1-4-5-11(12(17)18)15-13(19)14-10-6-7-16(3)9(2)8-10/h9-11H,4-8H2,1-3H3,(H,17,18)(H2,14,15,19)/t9?,10?,11-/m0/s1. The molecule has 2 amide bonds. The molecule has 0 bridgehead atoms. The summed E-state index contributed by atoms with van der Waals surface area (Å²) in [5.41, 5.74) is 0. The molecular weight excluding hydrogens is 246 g/mol. The van der Waals surface area contributed by atoms with Gasteiger partial charge in [-0.15, -0.1) is 0 Å². The lowest BCUT2D eigenvalue weighted by Crippen LogP contribution is -2.52. The summed E-state index contributed by atoms with van der Waals surface area (Å²) >= 11 is 0. The summed E-state index contributed by atoms with van der Waals surface area (Å²) in [6.45, 7) is 4.97. The first-order valence-corrected chi connectivity index (χ1v) is 6.94. The second-order valence-corrected chi connectivity index (χ2v) is 5.35. The van der Waals surface area contributed by atoms with E-state index in [9.17, 15) is 9.59 Å². The largest absolute Gasteiger partial charge is 0.480 e. The van der Waals surface area contributed by atoms with Gasteiger partial charge < -0.3 is 20.6 Å². The first-order chi connectivity index (χ1) is 8.93. The average molecular weight is 271 g/mol. The number of nitrogens with zero attached hydrogens (tertiary/aromatic N) is 1. The van der Waals surface area contributed by atoms with Crippen molar-refractivity contribution in [3.8, 4) is 0 Å². The fourth-order valence-electron chi connectivity index (χ4n) is 2.35. The first-order valence-electron chi connectivity index (χ1n) is 6.94. The number of carboxylic acid groups (broad SMARTS) is 1. The molecule has 0 aliphatic carbocycles. The van der Waals surface area contributed by atoms with Gasteiger partial charge >= 0.3 is 12.0 Å². The van der Waals surface area contributed by atoms with Gasteiger partial charge in [-0.2, -0.15) is 0 Å². The van der Waals surface area contributed by atoms with Crippen LogP contribution in [0.5, 0.6) is 0 Å². The Labute approximate surface area is 114 Å². The lowest BCUT2D eigenvalue weighted by Gasteiger charge is -2.35. The van der Waals surface area contributed by atoms with Crippen LogP contribution in [0.25, 0.3) is 0 Å². The Morgan fingerprint density at radius 2 is 2.16 bits per heavy atom. The number of urea groups is 1. The van der Waals surface area contributed by atoms with E-state index in [1.54, 1.807) is 0 Å². The van der Waals surface area contributed by atoms with Gasteiger partial charge in [0.2, 0.25) is 0 Å². The molecule has 6 nitrogen and oxygen atoms in total. The Hall–Kier alpha value is -1.30. The van der Waals surface area contributed by atoms with Crippen LogP contribution in [0, 0.1) is 0 Å². The summed E-state index contributed by atoms with van der Waals surface area (Å²) in [6.07, 6.45) is 2.98. The molecule has 0 saturated carbocycles. The Bertz CT molecular complexity index is 322. The SMILES string of the molecule is CCC[C@H](NC(=O)NC1CCN(C)C(C)C1)C(=O)O. The van der Waals surface area contributed by atoms with E-state index >= 15 is 0 Å². The van der Waals surface area contributed by atoms with Gasteiger partial charge in [0.05, 0.1) is 0 Å². The minimum absolute atomic E-state index is 0.127. The Balaban J connectivity index is 2.40. The maximum atomic E-state index is 11.8. The Morgan fingerprint density at radius 1 is 1.47 bits per heavy atom. The number of carbonyl (C=O) groups is 2. The number of hydrogen-bond donors (Lipinski definition) is 3. The maximum Gasteiger partial charge on any atom is 0.326 e. The number of piperidine rings is 1. The summed E-state index contributed by atoms with van der Waals surface area (Å²) in [6, 6.07) is -0.608. The number of aliphatic carboxylic acids is 1. The number of amides is 2. The third kappa shape index (κ3) is 5.06. The van der Waals surface area contributed by atoms with E-state index in [-0.39, 0.29) is 12.1 Å². The zero-order valence-corrected chi connectivity index (χ0v) is 12.0. The van der Waals surface area contributed by atoms with Crippen molar-refractivity contribution in [2.75, 3.05) is 13.6 Å². The Kier molecular flexibility index (Phi) is 6.08. The highest BCUT2D eigenvalue weighted by molar-refractivity contribution is 5.82. The van der Waals surface area contributed by atoms with Gasteiger partial charge in [0.25, 0.3) is 0 Å². The summed E-state index contributed by atoms with van der Waals surface area (Å²) < 4.78 is 0. The van der Waals surface area contributed by atoms with Gasteiger partial charge in [0.1, 0.15) is 6.04 Å². The average Bonchev–Trinajstić information content (AvgIpc) is 2.33. The lowest BCUT2D eigenvalue weighted by molar-refractivity contribution is -0.139. The fraction of sp³-hybridized carbons (Fsp3) is 0.846. The Morgan fingerprint density at radius 3 is 2.68 bits per heavy atom. The third-order valence-corrected chi connectivity index (χ3v) is 3.72. The van der Waals surface area contributed by atoms with E-state index in [0.29, 0.717) is 12.5 Å². The van der Waals surface area contributed by atoms with Crippen LogP contribution in [-0.4, -0.2) is 53.7 Å². The third-order valence-electron chi connectivity index (χ3n) is 3.72. The van der Waals surface area contributed by atoms with Crippen LogP contribution in [-0.2, 0) is 4.79 Å². The second-order valence-electron chi connectivity index (χ2n) is 5.35. The maximum absolute atomic E-state index is 11.8. The molecule has 1 aliphatic heterocycles. The summed E-state index contributed by atoms with van der Waals surface area (Å²) in [4.78, 5) is 25.0. The number of likely N-dealkylation sites (tertiary alicyclic amines) is 1. The highest BCUT2D eigenvalue weighted by Crippen LogP contribution is 2.15. The topological polar surface area (TPSA) is 81.7 Å². The molecule has 1 fully saturated rings. The minimum Gasteiger partial charge on any atom is -0.480 e. The van der Waals surface area contributed by atoms with E-state index < -0.39 is 12.0 Å². The molecule has 0 aromatic heterocycles. The van der Waals surface area contributed by atoms with Crippen LogP contribution >= 0.6 is 0 Å². The van der Waals surface area contributed by atoms with Crippen molar-refractivity contribution in [3.05, 3.63) is 0 Å². The van der Waals surface area contributed by atoms with E-state index in [4.69, 9.17) is 5.11 Å². The molecule has 6 heteroatoms. The number of carboxylic acids is 1. The molecule has 3 atom stereocenters. The van der Waals surface area contributed by atoms with Gasteiger partial charge in [-0.05, 0) is 33.2 Å². The second kappa shape index (κ2) is 7.33. The monoisotopic (exact) mass is 271 g/mol. The van der Waals surface area contributed by atoms with Crippen molar-refractivity contribution in [3.63, 3.8) is 0 Å². The number of rotatable bonds is 5. The molecule has 110 valence electrons. The molecule has 3 N–H and O–H groups in total. The van der Waals surface area contributed by atoms with Gasteiger partial charge in [0, 0.05) is 18.6 Å². The fourth-order valence-corrected chi connectivity index (χ4v) is 2.35. The van der Waals surface area contributed by atoms with Crippen molar-refractivity contribution in [2.24, 2.45) is 0 Å². The molecular formula is C13H25N3O3. The molecule has 1 aliphatic rings. The molecule has 0 aromatic carbocycles. The zero-order chi connectivity index (χ0) is 14.4. The van der Waals surface area contributed by atoms with Crippen molar-refractivity contribution >= 4 is 12.0 Å². The number of nitrogens with one attached hydrogen (secondary N) is 2. The summed E-state index contributed by atoms with van der Waals surface area (Å²) in [7, 11) is 2.07. The van der Waals surface area contributed by atoms with Crippen LogP contribution < -0.4 is 10.6 Å². The quantitative estimate of drug-likeness (QED) is 0.697. The van der Waals surface area contributed by atoms with Crippen LogP contribution in [0.4, 0.5) is 4.79 Å². The minimum atomic E-state index is -0.978. The number of hydrogen-bond acceptors (Lipinski definition) is 3. The lowest BCUT2D eigenvalue weighted by atomic mass is 9.99.